The molecular weight excluding hydrogens is 268 g/mol. The SMILES string of the molecule is CCN(C(=O)c1cccc(OC)c1O)C1CCCC1CN. The van der Waals surface area contributed by atoms with Gasteiger partial charge in [-0.1, -0.05) is 12.5 Å². The predicted octanol–water partition coefficient (Wildman–Crippen LogP) is 1.99. The number of phenolic OH excluding ortho intramolecular Hbond substituents is 1. The number of nitrogens with zero attached hydrogens (tertiary/aromatic N) is 1. The van der Waals surface area contributed by atoms with E-state index < -0.39 is 0 Å². The maximum Gasteiger partial charge on any atom is 0.258 e. The van der Waals surface area contributed by atoms with Crippen LogP contribution in [0.25, 0.3) is 0 Å². The minimum absolute atomic E-state index is 0.0919. The lowest BCUT2D eigenvalue weighted by atomic mass is 10.0. The molecule has 21 heavy (non-hydrogen) atoms. The van der Waals surface area contributed by atoms with Gasteiger partial charge in [0.1, 0.15) is 0 Å². The second-order valence-electron chi connectivity index (χ2n) is 5.44. The van der Waals surface area contributed by atoms with Crippen molar-refractivity contribution in [3.8, 4) is 11.5 Å². The fraction of sp³-hybridized carbons (Fsp3) is 0.562. The number of para-hydroxylation sites is 1. The molecule has 1 amide bonds. The lowest BCUT2D eigenvalue weighted by molar-refractivity contribution is 0.0648. The number of phenols is 1. The molecular formula is C16H24N2O3. The normalized spacial score (nSPS) is 21.3. The Morgan fingerprint density at radius 3 is 2.86 bits per heavy atom. The van der Waals surface area contributed by atoms with Gasteiger partial charge in [-0.3, -0.25) is 4.79 Å². The van der Waals surface area contributed by atoms with Crippen LogP contribution >= 0.6 is 0 Å². The summed E-state index contributed by atoms with van der Waals surface area (Å²) in [5.41, 5.74) is 6.11. The fourth-order valence-electron chi connectivity index (χ4n) is 3.25. The summed E-state index contributed by atoms with van der Waals surface area (Å²) in [6.07, 6.45) is 3.14. The highest BCUT2D eigenvalue weighted by molar-refractivity contribution is 5.97. The number of carbonyl (C=O) groups excluding carboxylic acids is 1. The minimum atomic E-state index is -0.153. The number of methoxy groups -OCH3 is 1. The summed E-state index contributed by atoms with van der Waals surface area (Å²) in [6, 6.07) is 5.16. The van der Waals surface area contributed by atoms with Crippen LogP contribution in [-0.4, -0.2) is 42.2 Å². The highest BCUT2D eigenvalue weighted by Gasteiger charge is 2.34. The van der Waals surface area contributed by atoms with Crippen molar-refractivity contribution in [2.24, 2.45) is 11.7 Å². The third kappa shape index (κ3) is 2.97. The van der Waals surface area contributed by atoms with Crippen LogP contribution in [0.3, 0.4) is 0 Å². The van der Waals surface area contributed by atoms with Crippen LogP contribution in [0.1, 0.15) is 36.5 Å². The Hall–Kier alpha value is -1.75. The van der Waals surface area contributed by atoms with Crippen molar-refractivity contribution in [2.45, 2.75) is 32.2 Å². The van der Waals surface area contributed by atoms with Crippen molar-refractivity contribution in [1.82, 2.24) is 4.90 Å². The first kappa shape index (κ1) is 15.6. The highest BCUT2D eigenvalue weighted by atomic mass is 16.5. The summed E-state index contributed by atoms with van der Waals surface area (Å²) in [5.74, 6) is 0.422. The average Bonchev–Trinajstić information content (AvgIpc) is 2.96. The number of rotatable bonds is 5. The van der Waals surface area contributed by atoms with Crippen molar-refractivity contribution < 1.29 is 14.6 Å². The molecule has 0 aromatic heterocycles. The number of benzene rings is 1. The molecule has 1 fully saturated rings. The topological polar surface area (TPSA) is 75.8 Å². The fourth-order valence-corrected chi connectivity index (χ4v) is 3.25. The number of nitrogens with two attached hydrogens (primary N) is 1. The molecule has 0 radical (unpaired) electrons. The van der Waals surface area contributed by atoms with Gasteiger partial charge >= 0.3 is 0 Å². The van der Waals surface area contributed by atoms with Crippen molar-refractivity contribution in [3.05, 3.63) is 23.8 Å². The van der Waals surface area contributed by atoms with Gasteiger partial charge in [0.05, 0.1) is 12.7 Å². The molecule has 3 N–H and O–H groups in total. The van der Waals surface area contributed by atoms with E-state index in [0.29, 0.717) is 30.3 Å². The van der Waals surface area contributed by atoms with Crippen molar-refractivity contribution in [3.63, 3.8) is 0 Å². The van der Waals surface area contributed by atoms with Crippen LogP contribution < -0.4 is 10.5 Å². The second-order valence-corrected chi connectivity index (χ2v) is 5.44. The summed E-state index contributed by atoms with van der Waals surface area (Å²) in [7, 11) is 1.47. The largest absolute Gasteiger partial charge is 0.504 e. The van der Waals surface area contributed by atoms with Crippen molar-refractivity contribution in [1.29, 1.82) is 0 Å². The third-order valence-corrected chi connectivity index (χ3v) is 4.37. The van der Waals surface area contributed by atoms with E-state index in [4.69, 9.17) is 10.5 Å². The Morgan fingerprint density at radius 1 is 1.48 bits per heavy atom. The molecule has 0 aliphatic heterocycles. The number of aromatic hydroxyl groups is 1. The molecule has 116 valence electrons. The number of hydrogen-bond acceptors (Lipinski definition) is 4. The molecule has 1 aliphatic rings. The average molecular weight is 292 g/mol. The zero-order chi connectivity index (χ0) is 15.4. The number of amides is 1. The standard InChI is InChI=1S/C16H24N2O3/c1-3-18(13-8-4-6-11(13)10-17)16(20)12-7-5-9-14(21-2)15(12)19/h5,7,9,11,13,19H,3-4,6,8,10,17H2,1-2H3. The lowest BCUT2D eigenvalue weighted by Gasteiger charge is -2.32. The van der Waals surface area contributed by atoms with Crippen molar-refractivity contribution >= 4 is 5.91 Å². The van der Waals surface area contributed by atoms with Gasteiger partial charge in [-0.2, -0.15) is 0 Å². The van der Waals surface area contributed by atoms with Gasteiger partial charge in [0.15, 0.2) is 11.5 Å². The van der Waals surface area contributed by atoms with Gasteiger partial charge in [-0.05, 0) is 44.4 Å². The van der Waals surface area contributed by atoms with Crippen LogP contribution in [0.4, 0.5) is 0 Å². The third-order valence-electron chi connectivity index (χ3n) is 4.37. The molecule has 0 saturated heterocycles. The number of carbonyl (C=O) groups is 1. The van der Waals surface area contributed by atoms with Crippen LogP contribution in [0.15, 0.2) is 18.2 Å². The Bertz CT molecular complexity index is 504. The Morgan fingerprint density at radius 2 is 2.24 bits per heavy atom. The van der Waals surface area contributed by atoms with Crippen LogP contribution in [0.2, 0.25) is 0 Å². The molecule has 5 nitrogen and oxygen atoms in total. The van der Waals surface area contributed by atoms with Gasteiger partial charge in [-0.25, -0.2) is 0 Å². The van der Waals surface area contributed by atoms with Gasteiger partial charge < -0.3 is 20.5 Å². The van der Waals surface area contributed by atoms with Gasteiger partial charge in [-0.15, -0.1) is 0 Å². The lowest BCUT2D eigenvalue weighted by Crippen LogP contribution is -2.44. The Balaban J connectivity index is 2.28. The first-order valence-electron chi connectivity index (χ1n) is 7.51. The van der Waals surface area contributed by atoms with E-state index in [1.54, 1.807) is 18.2 Å². The molecule has 2 unspecified atom stereocenters. The van der Waals surface area contributed by atoms with Crippen LogP contribution in [0, 0.1) is 5.92 Å². The summed E-state index contributed by atoms with van der Waals surface area (Å²) < 4.78 is 5.08. The first-order chi connectivity index (χ1) is 10.1. The maximum atomic E-state index is 12.8. The summed E-state index contributed by atoms with van der Waals surface area (Å²) >= 11 is 0. The van der Waals surface area contributed by atoms with E-state index in [0.717, 1.165) is 19.3 Å². The zero-order valence-corrected chi connectivity index (χ0v) is 12.7. The molecule has 2 atom stereocenters. The van der Waals surface area contributed by atoms with E-state index in [1.165, 1.54) is 7.11 Å². The van der Waals surface area contributed by atoms with Crippen LogP contribution in [0.5, 0.6) is 11.5 Å². The van der Waals surface area contributed by atoms with Gasteiger partial charge in [0.25, 0.3) is 5.91 Å². The predicted molar refractivity (Wildman–Crippen MR) is 81.6 cm³/mol. The van der Waals surface area contributed by atoms with E-state index in [9.17, 15) is 9.90 Å². The van der Waals surface area contributed by atoms with Crippen molar-refractivity contribution in [2.75, 3.05) is 20.2 Å². The molecule has 5 heteroatoms. The van der Waals surface area contributed by atoms with Crippen LogP contribution in [-0.2, 0) is 0 Å². The Labute approximate surface area is 125 Å². The molecule has 0 heterocycles. The molecule has 1 aromatic rings. The van der Waals surface area contributed by atoms with E-state index in [1.807, 2.05) is 11.8 Å². The first-order valence-corrected chi connectivity index (χ1v) is 7.51. The molecule has 0 spiro atoms. The van der Waals surface area contributed by atoms with E-state index in [2.05, 4.69) is 0 Å². The zero-order valence-electron chi connectivity index (χ0n) is 12.7. The quantitative estimate of drug-likeness (QED) is 0.870. The van der Waals surface area contributed by atoms with E-state index >= 15 is 0 Å². The smallest absolute Gasteiger partial charge is 0.258 e. The maximum absolute atomic E-state index is 12.8. The monoisotopic (exact) mass is 292 g/mol. The van der Waals surface area contributed by atoms with E-state index in [-0.39, 0.29) is 17.7 Å². The second kappa shape index (κ2) is 6.80. The summed E-state index contributed by atoms with van der Waals surface area (Å²) in [6.45, 7) is 3.16. The molecule has 0 bridgehead atoms. The Kier molecular flexibility index (Phi) is 5.07. The number of ether oxygens (including phenoxy) is 1. The minimum Gasteiger partial charge on any atom is -0.504 e. The number of hydrogen-bond donors (Lipinski definition) is 2. The van der Waals surface area contributed by atoms with Gasteiger partial charge in [0, 0.05) is 12.6 Å². The highest BCUT2D eigenvalue weighted by Crippen LogP contribution is 2.34. The molecule has 1 aliphatic carbocycles. The molecule has 2 rings (SSSR count). The molecule has 1 aromatic carbocycles. The summed E-state index contributed by atoms with van der Waals surface area (Å²) in [4.78, 5) is 14.6. The van der Waals surface area contributed by atoms with Gasteiger partial charge in [0.2, 0.25) is 0 Å². The summed E-state index contributed by atoms with van der Waals surface area (Å²) in [5, 5.41) is 10.2. The molecule has 1 saturated carbocycles.